The summed E-state index contributed by atoms with van der Waals surface area (Å²) in [7, 11) is 0. The maximum atomic E-state index is 12.3. The van der Waals surface area contributed by atoms with E-state index in [1.807, 2.05) is 6.92 Å². The van der Waals surface area contributed by atoms with Crippen molar-refractivity contribution in [1.29, 1.82) is 0 Å². The highest BCUT2D eigenvalue weighted by Gasteiger charge is 2.34. The highest BCUT2D eigenvalue weighted by Crippen LogP contribution is 2.17. The number of amides is 3. The van der Waals surface area contributed by atoms with Crippen LogP contribution < -0.4 is 22.1 Å². The van der Waals surface area contributed by atoms with Crippen molar-refractivity contribution < 1.29 is 23.6 Å². The fourth-order valence-electron chi connectivity index (χ4n) is 2.89. The van der Waals surface area contributed by atoms with Gasteiger partial charge >= 0.3 is 0 Å². The van der Waals surface area contributed by atoms with Crippen LogP contribution in [-0.2, 0) is 14.4 Å². The zero-order valence-corrected chi connectivity index (χ0v) is 22.8. The second kappa shape index (κ2) is 19.2. The zero-order valence-electron chi connectivity index (χ0n) is 21.2. The summed E-state index contributed by atoms with van der Waals surface area (Å²) in [6, 6.07) is 5.97. The molecule has 202 valence electrons. The van der Waals surface area contributed by atoms with Gasteiger partial charge in [0.15, 0.2) is 11.7 Å². The average molecular weight is 574 g/mol. The molecule has 0 spiro atoms. The van der Waals surface area contributed by atoms with Gasteiger partial charge in [0.25, 0.3) is 5.91 Å². The highest BCUT2D eigenvalue weighted by atomic mass is 79.9. The molecule has 1 unspecified atom stereocenters. The Morgan fingerprint density at radius 1 is 1.08 bits per heavy atom. The molecule has 3 amide bonds. The van der Waals surface area contributed by atoms with Gasteiger partial charge in [-0.15, -0.1) is 0 Å². The third-order valence-corrected chi connectivity index (χ3v) is 5.04. The number of likely N-dealkylation sites (tertiary alicyclic amines) is 1. The first kappa shape index (κ1) is 33.0. The molecule has 36 heavy (non-hydrogen) atoms. The van der Waals surface area contributed by atoms with E-state index in [-0.39, 0.29) is 24.3 Å². The standard InChI is InChI=1S/C17H19BrFN3O4.C4H11N3.C3H8/c18-12-5-3-11(4-6-12)16(25)21-10-15(24)22-7-1-2-14(22)17(26)20-9-13(23)8-19;1-2-3-7-4(5)6;1-3-2/h3-6,14H,1-2,7-10H2,(H,20,26)(H,21,25);2-3H2,1H3,(H4,5,6,7);3H2,1-2H3. The Bertz CT molecular complexity index is 863. The molecule has 12 heteroatoms. The molecule has 1 aliphatic heterocycles. The number of rotatable bonds is 9. The molecule has 6 N–H and O–H groups in total. The number of halogens is 2. The van der Waals surface area contributed by atoms with E-state index in [9.17, 15) is 23.6 Å². The van der Waals surface area contributed by atoms with E-state index < -0.39 is 31.0 Å². The van der Waals surface area contributed by atoms with Gasteiger partial charge in [-0.3, -0.25) is 24.2 Å². The summed E-state index contributed by atoms with van der Waals surface area (Å²) in [4.78, 5) is 52.5. The lowest BCUT2D eigenvalue weighted by molar-refractivity contribution is -0.138. The first-order chi connectivity index (χ1) is 17.1. The van der Waals surface area contributed by atoms with Crippen molar-refractivity contribution in [2.75, 3.05) is 32.9 Å². The van der Waals surface area contributed by atoms with Crippen molar-refractivity contribution >= 4 is 45.4 Å². The van der Waals surface area contributed by atoms with Crippen LogP contribution in [0.15, 0.2) is 33.7 Å². The molecular formula is C24H38BrFN6O4. The predicted molar refractivity (Wildman–Crippen MR) is 142 cm³/mol. The zero-order chi connectivity index (χ0) is 27.5. The van der Waals surface area contributed by atoms with Gasteiger partial charge in [0.2, 0.25) is 11.8 Å². The maximum absolute atomic E-state index is 12.3. The van der Waals surface area contributed by atoms with Crippen molar-refractivity contribution in [1.82, 2.24) is 15.5 Å². The van der Waals surface area contributed by atoms with E-state index in [2.05, 4.69) is 45.4 Å². The van der Waals surface area contributed by atoms with Crippen LogP contribution in [0.25, 0.3) is 0 Å². The molecule has 1 fully saturated rings. The number of Topliss-reactive ketones (excluding diaryl/α,β-unsaturated/α-hetero) is 1. The monoisotopic (exact) mass is 572 g/mol. The maximum Gasteiger partial charge on any atom is 0.251 e. The third kappa shape index (κ3) is 13.8. The number of nitrogens with zero attached hydrogens (tertiary/aromatic N) is 2. The average Bonchev–Trinajstić information content (AvgIpc) is 3.35. The Kier molecular flexibility index (Phi) is 17.6. The summed E-state index contributed by atoms with van der Waals surface area (Å²) < 4.78 is 13.0. The van der Waals surface area contributed by atoms with Crippen LogP contribution in [0, 0.1) is 0 Å². The minimum atomic E-state index is -1.14. The van der Waals surface area contributed by atoms with E-state index >= 15 is 0 Å². The largest absolute Gasteiger partial charge is 0.370 e. The Morgan fingerprint density at radius 2 is 1.69 bits per heavy atom. The molecule has 1 atom stereocenters. The Balaban J connectivity index is 0.00000104. The van der Waals surface area contributed by atoms with Crippen LogP contribution in [0.2, 0.25) is 0 Å². The topological polar surface area (TPSA) is 160 Å². The first-order valence-electron chi connectivity index (χ1n) is 11.8. The predicted octanol–water partition coefficient (Wildman–Crippen LogP) is 1.91. The normalized spacial score (nSPS) is 13.8. The van der Waals surface area contributed by atoms with Crippen molar-refractivity contribution in [2.45, 2.75) is 52.5 Å². The van der Waals surface area contributed by atoms with E-state index in [0.717, 1.165) is 17.4 Å². The minimum Gasteiger partial charge on any atom is -0.370 e. The van der Waals surface area contributed by atoms with Gasteiger partial charge in [-0.25, -0.2) is 4.39 Å². The molecule has 1 aromatic rings. The lowest BCUT2D eigenvalue weighted by Crippen LogP contribution is -2.49. The van der Waals surface area contributed by atoms with E-state index in [0.29, 0.717) is 24.9 Å². The second-order valence-electron chi connectivity index (χ2n) is 7.84. The van der Waals surface area contributed by atoms with Gasteiger partial charge in [-0.1, -0.05) is 43.1 Å². The molecular weight excluding hydrogens is 535 g/mol. The molecule has 1 aliphatic rings. The van der Waals surface area contributed by atoms with Gasteiger partial charge in [0.1, 0.15) is 12.7 Å². The summed E-state index contributed by atoms with van der Waals surface area (Å²) in [6.07, 6.45) is 3.35. The van der Waals surface area contributed by atoms with Crippen LogP contribution in [0.1, 0.15) is 56.8 Å². The van der Waals surface area contributed by atoms with Gasteiger partial charge in [-0.2, -0.15) is 0 Å². The molecule has 0 saturated carbocycles. The number of alkyl halides is 1. The Labute approximate surface area is 220 Å². The van der Waals surface area contributed by atoms with E-state index in [4.69, 9.17) is 11.5 Å². The van der Waals surface area contributed by atoms with Crippen molar-refractivity contribution in [2.24, 2.45) is 16.5 Å². The van der Waals surface area contributed by atoms with Crippen LogP contribution in [0.4, 0.5) is 4.39 Å². The smallest absolute Gasteiger partial charge is 0.251 e. The Hall–Kier alpha value is -3.02. The quantitative estimate of drug-likeness (QED) is 0.261. The van der Waals surface area contributed by atoms with Crippen molar-refractivity contribution in [3.05, 3.63) is 34.3 Å². The number of benzene rings is 1. The van der Waals surface area contributed by atoms with Gasteiger partial charge in [0, 0.05) is 23.1 Å². The minimum absolute atomic E-state index is 0.182. The number of aliphatic imine (C=N–C) groups is 1. The summed E-state index contributed by atoms with van der Waals surface area (Å²) in [5.41, 5.74) is 10.4. The molecule has 1 heterocycles. The van der Waals surface area contributed by atoms with E-state index in [1.54, 1.807) is 24.3 Å². The molecule has 10 nitrogen and oxygen atoms in total. The number of hydrogen-bond acceptors (Lipinski definition) is 5. The summed E-state index contributed by atoms with van der Waals surface area (Å²) >= 11 is 3.28. The number of nitrogens with two attached hydrogens (primary N) is 2. The lowest BCUT2D eigenvalue weighted by Gasteiger charge is -2.24. The number of nitrogens with one attached hydrogen (secondary N) is 2. The summed E-state index contributed by atoms with van der Waals surface area (Å²) in [6.45, 7) is 5.63. The molecule has 0 aliphatic carbocycles. The number of hydrogen-bond donors (Lipinski definition) is 4. The number of carbonyl (C=O) groups excluding carboxylic acids is 4. The highest BCUT2D eigenvalue weighted by molar-refractivity contribution is 9.10. The molecule has 0 radical (unpaired) electrons. The molecule has 0 bridgehead atoms. The lowest BCUT2D eigenvalue weighted by atomic mass is 10.2. The van der Waals surface area contributed by atoms with E-state index in [1.165, 1.54) is 11.3 Å². The fraction of sp³-hybridized carbons (Fsp3) is 0.542. The van der Waals surface area contributed by atoms with Gasteiger partial charge in [0.05, 0.1) is 13.1 Å². The number of guanidine groups is 1. The molecule has 2 rings (SSSR count). The fourth-order valence-corrected chi connectivity index (χ4v) is 3.15. The van der Waals surface area contributed by atoms with Gasteiger partial charge < -0.3 is 27.0 Å². The molecule has 1 saturated heterocycles. The van der Waals surface area contributed by atoms with Crippen molar-refractivity contribution in [3.8, 4) is 0 Å². The van der Waals surface area contributed by atoms with Crippen LogP contribution in [0.3, 0.4) is 0 Å². The summed E-state index contributed by atoms with van der Waals surface area (Å²) in [5.74, 6) is -1.81. The second-order valence-corrected chi connectivity index (χ2v) is 8.75. The molecule has 0 aromatic heterocycles. The van der Waals surface area contributed by atoms with Crippen LogP contribution in [-0.4, -0.2) is 73.3 Å². The Morgan fingerprint density at radius 3 is 2.19 bits per heavy atom. The van der Waals surface area contributed by atoms with Crippen LogP contribution in [0.5, 0.6) is 0 Å². The molecule has 1 aromatic carbocycles. The third-order valence-electron chi connectivity index (χ3n) is 4.51. The van der Waals surface area contributed by atoms with Gasteiger partial charge in [-0.05, 0) is 43.5 Å². The first-order valence-corrected chi connectivity index (χ1v) is 12.6. The van der Waals surface area contributed by atoms with Crippen LogP contribution >= 0.6 is 15.9 Å². The SMILES string of the molecule is CCC.CCCN=C(N)N.O=C(CF)CNC(=O)C1CCCN1C(=O)CNC(=O)c1ccc(Br)cc1. The van der Waals surface area contributed by atoms with Crippen molar-refractivity contribution in [3.63, 3.8) is 0 Å². The summed E-state index contributed by atoms with van der Waals surface area (Å²) in [5, 5.41) is 4.88. The number of carbonyl (C=O) groups is 4. The number of ketones is 1.